The highest BCUT2D eigenvalue weighted by Gasteiger charge is 2.16. The van der Waals surface area contributed by atoms with Crippen LogP contribution in [0, 0.1) is 6.92 Å². The van der Waals surface area contributed by atoms with Gasteiger partial charge in [-0.15, -0.1) is 0 Å². The van der Waals surface area contributed by atoms with E-state index in [1.54, 1.807) is 0 Å². The summed E-state index contributed by atoms with van der Waals surface area (Å²) in [5, 5.41) is 5.95. The predicted molar refractivity (Wildman–Crippen MR) is 136 cm³/mol. The van der Waals surface area contributed by atoms with Crippen LogP contribution in [0.3, 0.4) is 0 Å². The summed E-state index contributed by atoms with van der Waals surface area (Å²) in [5.74, 6) is 0. The van der Waals surface area contributed by atoms with Crippen LogP contribution in [-0.2, 0) is 19.6 Å². The number of aryl methyl sites for hydroxylation is 2. The molecule has 0 amide bonds. The lowest BCUT2D eigenvalue weighted by Gasteiger charge is -2.26. The van der Waals surface area contributed by atoms with Gasteiger partial charge in [-0.3, -0.25) is 0 Å². The number of para-hydroxylation sites is 1. The highest BCUT2D eigenvalue weighted by atomic mass is 35.5. The Balaban J connectivity index is 1.65. The Morgan fingerprint density at radius 1 is 1.00 bits per heavy atom. The molecular weight excluding hydrogens is 422 g/mol. The van der Waals surface area contributed by atoms with E-state index in [0.717, 1.165) is 17.8 Å². The van der Waals surface area contributed by atoms with Crippen molar-refractivity contribution in [2.75, 3.05) is 5.32 Å². The minimum absolute atomic E-state index is 0.655. The molecule has 0 aliphatic rings. The highest BCUT2D eigenvalue weighted by molar-refractivity contribution is 7.80. The van der Waals surface area contributed by atoms with Crippen molar-refractivity contribution in [1.82, 2.24) is 9.47 Å². The van der Waals surface area contributed by atoms with Gasteiger partial charge in [-0.2, -0.15) is 0 Å². The number of nitrogens with one attached hydrogen (secondary N) is 1. The Labute approximate surface area is 194 Å². The van der Waals surface area contributed by atoms with Crippen molar-refractivity contribution in [1.29, 1.82) is 0 Å². The molecule has 1 aromatic heterocycles. The molecule has 0 saturated heterocycles. The van der Waals surface area contributed by atoms with Crippen molar-refractivity contribution in [3.63, 3.8) is 0 Å². The zero-order chi connectivity index (χ0) is 21.8. The van der Waals surface area contributed by atoms with Gasteiger partial charge >= 0.3 is 0 Å². The number of halogens is 1. The summed E-state index contributed by atoms with van der Waals surface area (Å²) in [5.41, 5.74) is 5.66. The van der Waals surface area contributed by atoms with Gasteiger partial charge in [-0.1, -0.05) is 66.2 Å². The first kappa shape index (κ1) is 21.4. The van der Waals surface area contributed by atoms with E-state index in [4.69, 9.17) is 23.8 Å². The number of thiocarbonyl (C=S) groups is 1. The Hall–Kier alpha value is -2.82. The zero-order valence-electron chi connectivity index (χ0n) is 17.8. The summed E-state index contributed by atoms with van der Waals surface area (Å²) in [6, 6.07) is 24.9. The van der Waals surface area contributed by atoms with Crippen molar-refractivity contribution in [3.8, 4) is 0 Å². The molecule has 1 N–H and O–H groups in total. The highest BCUT2D eigenvalue weighted by Crippen LogP contribution is 2.26. The van der Waals surface area contributed by atoms with Gasteiger partial charge in [0, 0.05) is 36.7 Å². The SMILES string of the molecule is CCn1cc(CN(Cc2ccccc2)C(=S)Nc2ccc(C)cc2Cl)c2ccccc21. The van der Waals surface area contributed by atoms with Gasteiger partial charge in [0.15, 0.2) is 5.11 Å². The molecule has 0 aliphatic heterocycles. The van der Waals surface area contributed by atoms with E-state index in [1.165, 1.54) is 22.0 Å². The number of nitrogens with zero attached hydrogens (tertiary/aromatic N) is 2. The molecule has 158 valence electrons. The Morgan fingerprint density at radius 3 is 2.48 bits per heavy atom. The van der Waals surface area contributed by atoms with Crippen LogP contribution in [0.1, 0.15) is 23.6 Å². The van der Waals surface area contributed by atoms with Crippen LogP contribution < -0.4 is 5.32 Å². The summed E-state index contributed by atoms with van der Waals surface area (Å²) in [7, 11) is 0. The summed E-state index contributed by atoms with van der Waals surface area (Å²) in [6.07, 6.45) is 2.24. The number of rotatable bonds is 6. The standard InChI is InChI=1S/C26H26ClN3S/c1-3-29-17-21(22-11-7-8-12-25(22)29)18-30(16-20-9-5-4-6-10-20)26(31)28-24-14-13-19(2)15-23(24)27/h4-15,17H,3,16,18H2,1-2H3,(H,28,31). The molecule has 4 aromatic rings. The monoisotopic (exact) mass is 447 g/mol. The first-order chi connectivity index (χ1) is 15.0. The van der Waals surface area contributed by atoms with Crippen molar-refractivity contribution in [3.05, 3.63) is 101 Å². The molecule has 5 heteroatoms. The molecule has 3 nitrogen and oxygen atoms in total. The van der Waals surface area contributed by atoms with Gasteiger partial charge < -0.3 is 14.8 Å². The quantitative estimate of drug-likeness (QED) is 0.320. The first-order valence-electron chi connectivity index (χ1n) is 10.5. The number of fused-ring (bicyclic) bond motifs is 1. The molecule has 0 fully saturated rings. The molecule has 0 spiro atoms. The van der Waals surface area contributed by atoms with Gasteiger partial charge in [0.2, 0.25) is 0 Å². The maximum atomic E-state index is 6.45. The van der Waals surface area contributed by atoms with Gasteiger partial charge in [0.05, 0.1) is 10.7 Å². The predicted octanol–water partition coefficient (Wildman–Crippen LogP) is 7.02. The van der Waals surface area contributed by atoms with Crippen LogP contribution in [0.5, 0.6) is 0 Å². The molecule has 0 saturated carbocycles. The van der Waals surface area contributed by atoms with Crippen molar-refractivity contribution >= 4 is 45.5 Å². The van der Waals surface area contributed by atoms with E-state index in [2.05, 4.69) is 76.4 Å². The summed E-state index contributed by atoms with van der Waals surface area (Å²) >= 11 is 12.3. The minimum atomic E-state index is 0.655. The summed E-state index contributed by atoms with van der Waals surface area (Å²) < 4.78 is 2.29. The summed E-state index contributed by atoms with van der Waals surface area (Å²) in [6.45, 7) is 6.54. The molecule has 0 radical (unpaired) electrons. The molecule has 0 bridgehead atoms. The third kappa shape index (κ3) is 4.92. The number of hydrogen-bond donors (Lipinski definition) is 1. The van der Waals surface area contributed by atoms with E-state index in [0.29, 0.717) is 23.2 Å². The Morgan fingerprint density at radius 2 is 1.74 bits per heavy atom. The van der Waals surface area contributed by atoms with E-state index < -0.39 is 0 Å². The van der Waals surface area contributed by atoms with Crippen LogP contribution in [0.4, 0.5) is 5.69 Å². The fourth-order valence-electron chi connectivity index (χ4n) is 3.84. The lowest BCUT2D eigenvalue weighted by atomic mass is 10.1. The number of anilines is 1. The third-order valence-electron chi connectivity index (χ3n) is 5.44. The van der Waals surface area contributed by atoms with Crippen LogP contribution in [-0.4, -0.2) is 14.6 Å². The van der Waals surface area contributed by atoms with Gasteiger partial charge in [-0.05, 0) is 61.0 Å². The van der Waals surface area contributed by atoms with Crippen molar-refractivity contribution in [2.24, 2.45) is 0 Å². The maximum absolute atomic E-state index is 6.45. The van der Waals surface area contributed by atoms with E-state index in [9.17, 15) is 0 Å². The van der Waals surface area contributed by atoms with Crippen LogP contribution in [0.15, 0.2) is 79.0 Å². The molecule has 3 aromatic carbocycles. The molecule has 1 heterocycles. The fourth-order valence-corrected chi connectivity index (χ4v) is 4.36. The molecular formula is C26H26ClN3S. The maximum Gasteiger partial charge on any atom is 0.174 e. The number of aromatic nitrogens is 1. The second-order valence-corrected chi connectivity index (χ2v) is 8.51. The van der Waals surface area contributed by atoms with Gasteiger partial charge in [-0.25, -0.2) is 0 Å². The zero-order valence-corrected chi connectivity index (χ0v) is 19.4. The Kier molecular flexibility index (Phi) is 6.59. The average Bonchev–Trinajstić information content (AvgIpc) is 3.13. The lowest BCUT2D eigenvalue weighted by molar-refractivity contribution is 0.414. The van der Waals surface area contributed by atoms with Crippen LogP contribution >= 0.6 is 23.8 Å². The van der Waals surface area contributed by atoms with E-state index in [1.807, 2.05) is 31.2 Å². The summed E-state index contributed by atoms with van der Waals surface area (Å²) in [4.78, 5) is 2.20. The van der Waals surface area contributed by atoms with E-state index >= 15 is 0 Å². The molecule has 0 atom stereocenters. The molecule has 0 aliphatic carbocycles. The smallest absolute Gasteiger partial charge is 0.174 e. The largest absolute Gasteiger partial charge is 0.347 e. The second-order valence-electron chi connectivity index (χ2n) is 7.71. The average molecular weight is 448 g/mol. The fraction of sp³-hybridized carbons (Fsp3) is 0.192. The third-order valence-corrected chi connectivity index (χ3v) is 6.12. The minimum Gasteiger partial charge on any atom is -0.347 e. The second kappa shape index (κ2) is 9.54. The number of benzene rings is 3. The molecule has 4 rings (SSSR count). The molecule has 31 heavy (non-hydrogen) atoms. The van der Waals surface area contributed by atoms with Crippen molar-refractivity contribution in [2.45, 2.75) is 33.5 Å². The normalized spacial score (nSPS) is 10.9. The first-order valence-corrected chi connectivity index (χ1v) is 11.3. The van der Waals surface area contributed by atoms with Crippen molar-refractivity contribution < 1.29 is 0 Å². The van der Waals surface area contributed by atoms with E-state index in [-0.39, 0.29) is 0 Å². The lowest BCUT2D eigenvalue weighted by Crippen LogP contribution is -2.33. The van der Waals surface area contributed by atoms with Crippen LogP contribution in [0.25, 0.3) is 10.9 Å². The van der Waals surface area contributed by atoms with Gasteiger partial charge in [0.1, 0.15) is 0 Å². The topological polar surface area (TPSA) is 20.2 Å². The Bertz CT molecular complexity index is 1200. The van der Waals surface area contributed by atoms with Crippen LogP contribution in [0.2, 0.25) is 5.02 Å². The van der Waals surface area contributed by atoms with Gasteiger partial charge in [0.25, 0.3) is 0 Å². The number of hydrogen-bond acceptors (Lipinski definition) is 1. The molecule has 0 unspecified atom stereocenters.